The van der Waals surface area contributed by atoms with Gasteiger partial charge in [-0.1, -0.05) is 12.8 Å². The van der Waals surface area contributed by atoms with Crippen LogP contribution in [0, 0.1) is 0 Å². The molecule has 0 unspecified atom stereocenters. The van der Waals surface area contributed by atoms with E-state index in [2.05, 4.69) is 10.6 Å². The first kappa shape index (κ1) is 19.5. The quantitative estimate of drug-likeness (QED) is 0.675. The second kappa shape index (κ2) is 10.3. The first-order valence-corrected chi connectivity index (χ1v) is 7.62. The van der Waals surface area contributed by atoms with Crippen molar-refractivity contribution in [2.45, 2.75) is 72.0 Å². The van der Waals surface area contributed by atoms with Crippen molar-refractivity contribution in [2.24, 2.45) is 0 Å². The molecule has 6 nitrogen and oxygen atoms in total. The van der Waals surface area contributed by atoms with Crippen molar-refractivity contribution in [2.75, 3.05) is 13.1 Å². The van der Waals surface area contributed by atoms with Crippen LogP contribution in [0.5, 0.6) is 0 Å². The van der Waals surface area contributed by atoms with Crippen LogP contribution >= 0.6 is 0 Å². The highest BCUT2D eigenvalue weighted by Crippen LogP contribution is 2.06. The third kappa shape index (κ3) is 14.8. The number of hydrogen-bond donors (Lipinski definition) is 2. The van der Waals surface area contributed by atoms with Crippen LogP contribution in [0.15, 0.2) is 0 Å². The van der Waals surface area contributed by atoms with E-state index in [1.165, 1.54) is 0 Å². The number of nitrogens with one attached hydrogen (secondary N) is 2. The van der Waals surface area contributed by atoms with Gasteiger partial charge in [-0.2, -0.15) is 0 Å². The largest absolute Gasteiger partial charge is 0.447 e. The summed E-state index contributed by atoms with van der Waals surface area (Å²) in [7, 11) is 0. The minimum atomic E-state index is -0.458. The topological polar surface area (TPSA) is 76.7 Å². The maximum absolute atomic E-state index is 11.4. The average molecular weight is 302 g/mol. The fourth-order valence-electron chi connectivity index (χ4n) is 1.55. The Bertz CT molecular complexity index is 311. The molecule has 6 heteroatoms. The van der Waals surface area contributed by atoms with Crippen molar-refractivity contribution < 1.29 is 19.1 Å². The fourth-order valence-corrected chi connectivity index (χ4v) is 1.55. The highest BCUT2D eigenvalue weighted by atomic mass is 16.6. The second-order valence-electron chi connectivity index (χ2n) is 6.22. The molecule has 0 rings (SSSR count). The van der Waals surface area contributed by atoms with Gasteiger partial charge in [-0.05, 0) is 47.5 Å². The molecule has 0 aromatic rings. The molecule has 0 saturated carbocycles. The Kier molecular flexibility index (Phi) is 9.58. The van der Waals surface area contributed by atoms with E-state index in [1.807, 2.05) is 34.6 Å². The molecular weight excluding hydrogens is 272 g/mol. The summed E-state index contributed by atoms with van der Waals surface area (Å²) in [5.41, 5.74) is -0.458. The van der Waals surface area contributed by atoms with Gasteiger partial charge in [0, 0.05) is 13.1 Å². The van der Waals surface area contributed by atoms with Gasteiger partial charge in [-0.15, -0.1) is 0 Å². The van der Waals surface area contributed by atoms with Crippen molar-refractivity contribution in [3.05, 3.63) is 0 Å². The third-order valence-corrected chi connectivity index (χ3v) is 2.38. The van der Waals surface area contributed by atoms with E-state index in [9.17, 15) is 9.59 Å². The molecule has 0 saturated heterocycles. The molecule has 0 atom stereocenters. The van der Waals surface area contributed by atoms with E-state index >= 15 is 0 Å². The van der Waals surface area contributed by atoms with E-state index in [0.717, 1.165) is 25.7 Å². The molecule has 0 aromatic carbocycles. The van der Waals surface area contributed by atoms with Crippen LogP contribution in [0.1, 0.15) is 60.3 Å². The summed E-state index contributed by atoms with van der Waals surface area (Å²) in [4.78, 5) is 22.5. The summed E-state index contributed by atoms with van der Waals surface area (Å²) in [5, 5.41) is 5.42. The molecule has 0 radical (unpaired) electrons. The van der Waals surface area contributed by atoms with Gasteiger partial charge in [-0.3, -0.25) is 0 Å². The van der Waals surface area contributed by atoms with Crippen LogP contribution < -0.4 is 10.6 Å². The van der Waals surface area contributed by atoms with E-state index < -0.39 is 5.60 Å². The minimum Gasteiger partial charge on any atom is -0.447 e. The molecule has 0 aliphatic carbocycles. The molecule has 0 aliphatic heterocycles. The van der Waals surface area contributed by atoms with Gasteiger partial charge in [0.25, 0.3) is 0 Å². The van der Waals surface area contributed by atoms with Crippen molar-refractivity contribution >= 4 is 12.2 Å². The van der Waals surface area contributed by atoms with Gasteiger partial charge >= 0.3 is 12.2 Å². The number of hydrogen-bond acceptors (Lipinski definition) is 4. The van der Waals surface area contributed by atoms with Gasteiger partial charge in [0.1, 0.15) is 5.60 Å². The van der Waals surface area contributed by atoms with Crippen LogP contribution in [0.2, 0.25) is 0 Å². The number of alkyl carbamates (subject to hydrolysis) is 2. The molecule has 0 heterocycles. The lowest BCUT2D eigenvalue weighted by molar-refractivity contribution is 0.0526. The van der Waals surface area contributed by atoms with Gasteiger partial charge in [-0.25, -0.2) is 9.59 Å². The molecular formula is C15H30N2O4. The Morgan fingerprint density at radius 1 is 0.905 bits per heavy atom. The monoisotopic (exact) mass is 302 g/mol. The first-order valence-electron chi connectivity index (χ1n) is 7.62. The Morgan fingerprint density at radius 2 is 1.38 bits per heavy atom. The predicted octanol–water partition coefficient (Wildman–Crippen LogP) is 3.21. The van der Waals surface area contributed by atoms with E-state index in [4.69, 9.17) is 9.47 Å². The van der Waals surface area contributed by atoms with Gasteiger partial charge in [0.05, 0.1) is 6.10 Å². The standard InChI is InChI=1S/C15H30N2O4/c1-12(2)20-13(18)16-10-8-6-7-9-11-17-14(19)21-15(3,4)5/h12H,6-11H2,1-5H3,(H,16,18)(H,17,19). The Labute approximate surface area is 127 Å². The lowest BCUT2D eigenvalue weighted by atomic mass is 10.2. The number of unbranched alkanes of at least 4 members (excludes halogenated alkanes) is 3. The van der Waals surface area contributed by atoms with Crippen molar-refractivity contribution in [3.8, 4) is 0 Å². The zero-order valence-corrected chi connectivity index (χ0v) is 14.0. The molecule has 2 amide bonds. The van der Waals surface area contributed by atoms with Gasteiger partial charge < -0.3 is 20.1 Å². The highest BCUT2D eigenvalue weighted by Gasteiger charge is 2.15. The summed E-state index contributed by atoms with van der Waals surface area (Å²) < 4.78 is 10.1. The Hall–Kier alpha value is -1.46. The van der Waals surface area contributed by atoms with Crippen LogP contribution in [0.3, 0.4) is 0 Å². The van der Waals surface area contributed by atoms with Crippen LogP contribution in [0.25, 0.3) is 0 Å². The lowest BCUT2D eigenvalue weighted by Crippen LogP contribution is -2.33. The van der Waals surface area contributed by atoms with Crippen LogP contribution in [-0.2, 0) is 9.47 Å². The SMILES string of the molecule is CC(C)OC(=O)NCCCCCCNC(=O)OC(C)(C)C. The van der Waals surface area contributed by atoms with Crippen LogP contribution in [-0.4, -0.2) is 37.0 Å². The van der Waals surface area contributed by atoms with Gasteiger partial charge in [0.2, 0.25) is 0 Å². The molecule has 2 N–H and O–H groups in total. The summed E-state index contributed by atoms with van der Waals surface area (Å²) in [5.74, 6) is 0. The Balaban J connectivity index is 3.37. The molecule has 21 heavy (non-hydrogen) atoms. The summed E-state index contributed by atoms with van der Waals surface area (Å²) in [6.45, 7) is 10.4. The average Bonchev–Trinajstić information content (AvgIpc) is 2.29. The van der Waals surface area contributed by atoms with Crippen molar-refractivity contribution in [3.63, 3.8) is 0 Å². The Morgan fingerprint density at radius 3 is 1.81 bits per heavy atom. The molecule has 0 spiro atoms. The molecule has 0 fully saturated rings. The normalized spacial score (nSPS) is 11.1. The third-order valence-electron chi connectivity index (χ3n) is 2.38. The zero-order valence-electron chi connectivity index (χ0n) is 14.0. The molecule has 0 aromatic heterocycles. The number of ether oxygens (including phenoxy) is 2. The number of carbonyl (C=O) groups is 2. The molecule has 0 aliphatic rings. The van der Waals surface area contributed by atoms with Crippen molar-refractivity contribution in [1.82, 2.24) is 10.6 Å². The zero-order chi connectivity index (χ0) is 16.3. The maximum Gasteiger partial charge on any atom is 0.407 e. The number of amides is 2. The predicted molar refractivity (Wildman–Crippen MR) is 82.3 cm³/mol. The van der Waals surface area contributed by atoms with E-state index in [0.29, 0.717) is 13.1 Å². The fraction of sp³-hybridized carbons (Fsp3) is 0.867. The van der Waals surface area contributed by atoms with Crippen molar-refractivity contribution in [1.29, 1.82) is 0 Å². The minimum absolute atomic E-state index is 0.0936. The maximum atomic E-state index is 11.4. The lowest BCUT2D eigenvalue weighted by Gasteiger charge is -2.19. The summed E-state index contributed by atoms with van der Waals surface area (Å²) in [6, 6.07) is 0. The van der Waals surface area contributed by atoms with Gasteiger partial charge in [0.15, 0.2) is 0 Å². The van der Waals surface area contributed by atoms with E-state index in [1.54, 1.807) is 0 Å². The highest BCUT2D eigenvalue weighted by molar-refractivity contribution is 5.67. The first-order chi connectivity index (χ1) is 9.70. The molecule has 0 bridgehead atoms. The van der Waals surface area contributed by atoms with Crippen LogP contribution in [0.4, 0.5) is 9.59 Å². The summed E-state index contributed by atoms with van der Waals surface area (Å²) in [6.07, 6.45) is 2.96. The number of carbonyl (C=O) groups excluding carboxylic acids is 2. The van der Waals surface area contributed by atoms with E-state index in [-0.39, 0.29) is 18.3 Å². The summed E-state index contributed by atoms with van der Waals surface area (Å²) >= 11 is 0. The number of rotatable bonds is 8. The smallest absolute Gasteiger partial charge is 0.407 e. The second-order valence-corrected chi connectivity index (χ2v) is 6.22. The molecule has 124 valence electrons.